The Morgan fingerprint density at radius 3 is 2.50 bits per heavy atom. The number of pyridine rings is 1. The summed E-state index contributed by atoms with van der Waals surface area (Å²) in [7, 11) is 0. The van der Waals surface area contributed by atoms with Gasteiger partial charge in [-0.25, -0.2) is 0 Å². The molecule has 0 N–H and O–H groups in total. The van der Waals surface area contributed by atoms with E-state index >= 15 is 0 Å². The molecule has 7 heteroatoms. The fourth-order valence-electron chi connectivity index (χ4n) is 1.30. The molecule has 2 heterocycles. The van der Waals surface area contributed by atoms with Crippen LogP contribution in [0.3, 0.4) is 0 Å². The van der Waals surface area contributed by atoms with Crippen molar-refractivity contribution in [3.63, 3.8) is 0 Å². The van der Waals surface area contributed by atoms with Crippen molar-refractivity contribution in [2.75, 3.05) is 0 Å². The van der Waals surface area contributed by atoms with E-state index in [0.29, 0.717) is 5.89 Å². The van der Waals surface area contributed by atoms with Crippen LogP contribution < -0.4 is 0 Å². The monoisotopic (exact) mass is 257 g/mol. The lowest BCUT2D eigenvalue weighted by Crippen LogP contribution is -2.05. The van der Waals surface area contributed by atoms with E-state index in [9.17, 15) is 13.2 Å². The maximum Gasteiger partial charge on any atom is 0.417 e. The number of hydrogen-bond donors (Lipinski definition) is 0. The van der Waals surface area contributed by atoms with Crippen molar-refractivity contribution in [1.29, 1.82) is 0 Å². The fraction of sp³-hybridized carbons (Fsp3) is 0.364. The Morgan fingerprint density at radius 2 is 1.94 bits per heavy atom. The summed E-state index contributed by atoms with van der Waals surface area (Å²) >= 11 is 0. The maximum absolute atomic E-state index is 12.5. The molecule has 0 spiro atoms. The van der Waals surface area contributed by atoms with Crippen LogP contribution in [-0.2, 0) is 6.18 Å². The van der Waals surface area contributed by atoms with E-state index < -0.39 is 11.7 Å². The third kappa shape index (κ3) is 2.49. The average molecular weight is 257 g/mol. The highest BCUT2D eigenvalue weighted by Crippen LogP contribution is 2.30. The summed E-state index contributed by atoms with van der Waals surface area (Å²) < 4.78 is 42.5. The van der Waals surface area contributed by atoms with Crippen molar-refractivity contribution < 1.29 is 17.7 Å². The van der Waals surface area contributed by atoms with Gasteiger partial charge < -0.3 is 4.52 Å². The molecule has 0 bridgehead atoms. The first-order chi connectivity index (χ1) is 8.38. The quantitative estimate of drug-likeness (QED) is 0.828. The molecule has 0 atom stereocenters. The highest BCUT2D eigenvalue weighted by Gasteiger charge is 2.31. The van der Waals surface area contributed by atoms with Crippen LogP contribution in [0.2, 0.25) is 0 Å². The number of rotatable bonds is 2. The molecule has 96 valence electrons. The van der Waals surface area contributed by atoms with Crippen molar-refractivity contribution in [3.05, 3.63) is 29.9 Å². The lowest BCUT2D eigenvalue weighted by Gasteiger charge is -2.05. The lowest BCUT2D eigenvalue weighted by atomic mass is 10.2. The molecule has 0 saturated carbocycles. The Balaban J connectivity index is 2.38. The summed E-state index contributed by atoms with van der Waals surface area (Å²) in [6, 6.07) is 0.946. The largest absolute Gasteiger partial charge is 0.417 e. The summed E-state index contributed by atoms with van der Waals surface area (Å²) in [6.45, 7) is 3.70. The summed E-state index contributed by atoms with van der Waals surface area (Å²) in [4.78, 5) is 7.56. The second kappa shape index (κ2) is 4.40. The number of alkyl halides is 3. The van der Waals surface area contributed by atoms with Crippen LogP contribution in [0.1, 0.15) is 31.2 Å². The summed E-state index contributed by atoms with van der Waals surface area (Å²) in [5.74, 6) is 0.504. The van der Waals surface area contributed by atoms with Gasteiger partial charge in [-0.05, 0) is 6.07 Å². The van der Waals surface area contributed by atoms with E-state index in [2.05, 4.69) is 15.1 Å². The van der Waals surface area contributed by atoms with Crippen molar-refractivity contribution in [1.82, 2.24) is 15.1 Å². The first-order valence-corrected chi connectivity index (χ1v) is 5.24. The van der Waals surface area contributed by atoms with Crippen molar-refractivity contribution in [2.45, 2.75) is 25.9 Å². The number of hydrogen-bond acceptors (Lipinski definition) is 4. The van der Waals surface area contributed by atoms with E-state index in [1.54, 1.807) is 0 Å². The smallest absolute Gasteiger partial charge is 0.339 e. The second-order valence-corrected chi connectivity index (χ2v) is 4.07. The van der Waals surface area contributed by atoms with Crippen LogP contribution in [0.4, 0.5) is 13.2 Å². The Hall–Kier alpha value is -1.92. The number of halogens is 3. The zero-order valence-corrected chi connectivity index (χ0v) is 9.69. The molecule has 2 aromatic rings. The van der Waals surface area contributed by atoms with Gasteiger partial charge in [0.2, 0.25) is 11.7 Å². The zero-order valence-electron chi connectivity index (χ0n) is 9.69. The standard InChI is InChI=1S/C11H10F3N3O/c1-6(2)10-16-9(17-18-10)7-3-8(5-15-4-7)11(12,13)14/h3-6H,1-2H3. The van der Waals surface area contributed by atoms with Gasteiger partial charge in [0.1, 0.15) is 0 Å². The zero-order chi connectivity index (χ0) is 13.3. The van der Waals surface area contributed by atoms with Crippen LogP contribution in [-0.4, -0.2) is 15.1 Å². The molecular weight excluding hydrogens is 247 g/mol. The Morgan fingerprint density at radius 1 is 1.22 bits per heavy atom. The van der Waals surface area contributed by atoms with E-state index in [-0.39, 0.29) is 17.3 Å². The molecule has 0 fully saturated rings. The number of nitrogens with zero attached hydrogens (tertiary/aromatic N) is 3. The Kier molecular flexibility index (Phi) is 3.06. The van der Waals surface area contributed by atoms with Crippen LogP contribution in [0.15, 0.2) is 23.0 Å². The van der Waals surface area contributed by atoms with Gasteiger partial charge in [-0.2, -0.15) is 18.2 Å². The topological polar surface area (TPSA) is 51.8 Å². The second-order valence-electron chi connectivity index (χ2n) is 4.07. The molecule has 18 heavy (non-hydrogen) atoms. The summed E-state index contributed by atoms with van der Waals surface area (Å²) in [5, 5.41) is 3.64. The SMILES string of the molecule is CC(C)c1nc(-c2cncc(C(F)(F)F)c2)no1. The Bertz CT molecular complexity index is 548. The molecular formula is C11H10F3N3O. The minimum Gasteiger partial charge on any atom is -0.339 e. The molecule has 0 aromatic carbocycles. The molecule has 2 rings (SSSR count). The first-order valence-electron chi connectivity index (χ1n) is 5.24. The van der Waals surface area contributed by atoms with Crippen molar-refractivity contribution >= 4 is 0 Å². The van der Waals surface area contributed by atoms with Gasteiger partial charge in [0.15, 0.2) is 0 Å². The molecule has 0 amide bonds. The summed E-state index contributed by atoms with van der Waals surface area (Å²) in [5.41, 5.74) is -0.656. The third-order valence-corrected chi connectivity index (χ3v) is 2.26. The minimum atomic E-state index is -4.44. The number of aromatic nitrogens is 3. The molecule has 4 nitrogen and oxygen atoms in total. The van der Waals surface area contributed by atoms with Gasteiger partial charge in [-0.3, -0.25) is 4.98 Å². The van der Waals surface area contributed by atoms with E-state index in [4.69, 9.17) is 4.52 Å². The molecule has 0 aliphatic rings. The van der Waals surface area contributed by atoms with Crippen LogP contribution in [0.25, 0.3) is 11.4 Å². The molecule has 0 aliphatic carbocycles. The van der Waals surface area contributed by atoms with Crippen molar-refractivity contribution in [3.8, 4) is 11.4 Å². The highest BCUT2D eigenvalue weighted by molar-refractivity contribution is 5.53. The maximum atomic E-state index is 12.5. The van der Waals surface area contributed by atoms with Gasteiger partial charge >= 0.3 is 6.18 Å². The average Bonchev–Trinajstić information content (AvgIpc) is 2.77. The summed E-state index contributed by atoms with van der Waals surface area (Å²) in [6.07, 6.45) is -2.41. The Labute approximate surface area is 101 Å². The van der Waals surface area contributed by atoms with Gasteiger partial charge in [0.05, 0.1) is 5.56 Å². The third-order valence-electron chi connectivity index (χ3n) is 2.26. The molecule has 0 saturated heterocycles. The van der Waals surface area contributed by atoms with Crippen LogP contribution in [0, 0.1) is 0 Å². The highest BCUT2D eigenvalue weighted by atomic mass is 19.4. The van der Waals surface area contributed by atoms with Crippen molar-refractivity contribution in [2.24, 2.45) is 0 Å². The molecule has 0 radical (unpaired) electrons. The van der Waals surface area contributed by atoms with Crippen LogP contribution >= 0.6 is 0 Å². The molecule has 0 aliphatic heterocycles. The van der Waals surface area contributed by atoms with E-state index in [1.165, 1.54) is 6.20 Å². The van der Waals surface area contributed by atoms with Gasteiger partial charge in [-0.15, -0.1) is 0 Å². The fourth-order valence-corrected chi connectivity index (χ4v) is 1.30. The van der Waals surface area contributed by atoms with E-state index in [1.807, 2.05) is 13.8 Å². The molecule has 0 unspecified atom stereocenters. The van der Waals surface area contributed by atoms with Gasteiger partial charge in [0.25, 0.3) is 0 Å². The van der Waals surface area contributed by atoms with E-state index in [0.717, 1.165) is 12.3 Å². The molecule has 2 aromatic heterocycles. The normalized spacial score (nSPS) is 12.1. The van der Waals surface area contributed by atoms with Gasteiger partial charge in [-0.1, -0.05) is 19.0 Å². The predicted molar refractivity (Wildman–Crippen MR) is 56.6 cm³/mol. The lowest BCUT2D eigenvalue weighted by molar-refractivity contribution is -0.137. The first kappa shape index (κ1) is 12.5. The van der Waals surface area contributed by atoms with Gasteiger partial charge in [0, 0.05) is 23.9 Å². The van der Waals surface area contributed by atoms with Crippen LogP contribution in [0.5, 0.6) is 0 Å². The minimum absolute atomic E-state index is 0.0185. The predicted octanol–water partition coefficient (Wildman–Crippen LogP) is 3.27.